The van der Waals surface area contributed by atoms with E-state index < -0.39 is 23.3 Å². The van der Waals surface area contributed by atoms with Gasteiger partial charge in [-0.05, 0) is 26.0 Å². The molecule has 1 aromatic heterocycles. The SMILES string of the molecule is CC1(C)C(=O)NC(=O)CN1c1cccc(C(=O)O)n1. The molecule has 2 amide bonds. The van der Waals surface area contributed by atoms with Crippen molar-refractivity contribution in [3.8, 4) is 0 Å². The first-order valence-electron chi connectivity index (χ1n) is 5.64. The summed E-state index contributed by atoms with van der Waals surface area (Å²) in [6.45, 7) is 3.24. The molecule has 0 bridgehead atoms. The molecule has 2 heterocycles. The summed E-state index contributed by atoms with van der Waals surface area (Å²) in [5, 5.41) is 11.2. The number of piperazine rings is 1. The number of amides is 2. The molecule has 2 rings (SSSR count). The lowest BCUT2D eigenvalue weighted by atomic mass is 9.98. The number of hydrogen-bond donors (Lipinski definition) is 2. The fourth-order valence-corrected chi connectivity index (χ4v) is 1.84. The zero-order valence-electron chi connectivity index (χ0n) is 10.5. The Morgan fingerprint density at radius 2 is 2.11 bits per heavy atom. The standard InChI is InChI=1S/C12H13N3O4/c1-12(2)11(19)14-9(16)6-15(12)8-5-3-4-7(13-8)10(17)18/h3-5H,6H2,1-2H3,(H,17,18)(H,14,16,19). The van der Waals surface area contributed by atoms with Crippen LogP contribution in [-0.4, -0.2) is 40.0 Å². The highest BCUT2D eigenvalue weighted by atomic mass is 16.4. The van der Waals surface area contributed by atoms with Crippen LogP contribution in [-0.2, 0) is 9.59 Å². The van der Waals surface area contributed by atoms with E-state index >= 15 is 0 Å². The normalized spacial score (nSPS) is 18.1. The van der Waals surface area contributed by atoms with Crippen LogP contribution in [0.2, 0.25) is 0 Å². The molecule has 0 spiro atoms. The fourth-order valence-electron chi connectivity index (χ4n) is 1.84. The lowest BCUT2D eigenvalue weighted by Crippen LogP contribution is -2.64. The number of carboxylic acid groups (broad SMARTS) is 1. The number of hydrogen-bond acceptors (Lipinski definition) is 5. The number of anilines is 1. The van der Waals surface area contributed by atoms with Gasteiger partial charge in [0.2, 0.25) is 5.91 Å². The van der Waals surface area contributed by atoms with E-state index in [1.54, 1.807) is 19.9 Å². The molecule has 19 heavy (non-hydrogen) atoms. The molecule has 0 aromatic carbocycles. The first-order valence-corrected chi connectivity index (χ1v) is 5.64. The predicted octanol–water partition coefficient (Wildman–Crippen LogP) is 0.0212. The molecule has 1 aliphatic heterocycles. The van der Waals surface area contributed by atoms with Crippen molar-refractivity contribution in [1.29, 1.82) is 0 Å². The molecule has 0 saturated carbocycles. The summed E-state index contributed by atoms with van der Waals surface area (Å²) in [7, 11) is 0. The summed E-state index contributed by atoms with van der Waals surface area (Å²) >= 11 is 0. The molecule has 0 unspecified atom stereocenters. The van der Waals surface area contributed by atoms with E-state index in [1.807, 2.05) is 0 Å². The van der Waals surface area contributed by atoms with Gasteiger partial charge in [-0.1, -0.05) is 6.07 Å². The molecule has 1 aromatic rings. The van der Waals surface area contributed by atoms with E-state index in [-0.39, 0.29) is 18.1 Å². The Bertz CT molecular complexity index is 568. The maximum Gasteiger partial charge on any atom is 0.354 e. The van der Waals surface area contributed by atoms with Gasteiger partial charge >= 0.3 is 5.97 Å². The number of pyridine rings is 1. The van der Waals surface area contributed by atoms with Gasteiger partial charge in [-0.25, -0.2) is 9.78 Å². The van der Waals surface area contributed by atoms with E-state index in [4.69, 9.17) is 5.11 Å². The Kier molecular flexibility index (Phi) is 2.97. The monoisotopic (exact) mass is 263 g/mol. The van der Waals surface area contributed by atoms with Gasteiger partial charge in [-0.2, -0.15) is 0 Å². The summed E-state index contributed by atoms with van der Waals surface area (Å²) in [5.41, 5.74) is -1.11. The van der Waals surface area contributed by atoms with Crippen LogP contribution < -0.4 is 10.2 Å². The number of rotatable bonds is 2. The Morgan fingerprint density at radius 3 is 2.74 bits per heavy atom. The largest absolute Gasteiger partial charge is 0.477 e. The van der Waals surface area contributed by atoms with Gasteiger partial charge in [0, 0.05) is 0 Å². The van der Waals surface area contributed by atoms with Crippen molar-refractivity contribution in [2.45, 2.75) is 19.4 Å². The number of carboxylic acids is 1. The average Bonchev–Trinajstić information content (AvgIpc) is 2.34. The van der Waals surface area contributed by atoms with Gasteiger partial charge in [0.25, 0.3) is 5.91 Å². The molecule has 7 nitrogen and oxygen atoms in total. The molecule has 1 saturated heterocycles. The van der Waals surface area contributed by atoms with Gasteiger partial charge < -0.3 is 10.0 Å². The number of nitrogens with zero attached hydrogens (tertiary/aromatic N) is 2. The van der Waals surface area contributed by atoms with Gasteiger partial charge in [0.05, 0.1) is 6.54 Å². The minimum absolute atomic E-state index is 0.0468. The lowest BCUT2D eigenvalue weighted by Gasteiger charge is -2.40. The molecule has 0 radical (unpaired) electrons. The second-order valence-corrected chi connectivity index (χ2v) is 4.71. The van der Waals surface area contributed by atoms with Crippen LogP contribution in [0.25, 0.3) is 0 Å². The highest BCUT2D eigenvalue weighted by Crippen LogP contribution is 2.24. The zero-order valence-corrected chi connectivity index (χ0v) is 10.5. The Morgan fingerprint density at radius 1 is 1.42 bits per heavy atom. The second kappa shape index (κ2) is 4.34. The van der Waals surface area contributed by atoms with E-state index in [2.05, 4.69) is 10.3 Å². The van der Waals surface area contributed by atoms with Crippen LogP contribution in [0, 0.1) is 0 Å². The van der Waals surface area contributed by atoms with Crippen LogP contribution in [0.5, 0.6) is 0 Å². The van der Waals surface area contributed by atoms with Crippen molar-refractivity contribution in [1.82, 2.24) is 10.3 Å². The van der Waals surface area contributed by atoms with Gasteiger partial charge in [0.1, 0.15) is 11.4 Å². The Hall–Kier alpha value is -2.44. The summed E-state index contributed by atoms with van der Waals surface area (Å²) in [6.07, 6.45) is 0. The van der Waals surface area contributed by atoms with E-state index in [0.717, 1.165) is 0 Å². The van der Waals surface area contributed by atoms with E-state index in [9.17, 15) is 14.4 Å². The van der Waals surface area contributed by atoms with E-state index in [0.29, 0.717) is 0 Å². The highest BCUT2D eigenvalue weighted by Gasteiger charge is 2.41. The molecule has 1 aliphatic rings. The Balaban J connectivity index is 2.44. The molecular formula is C12H13N3O4. The summed E-state index contributed by atoms with van der Waals surface area (Å²) in [5.74, 6) is -1.75. The number of nitrogens with one attached hydrogen (secondary N) is 1. The third-order valence-corrected chi connectivity index (χ3v) is 3.02. The minimum atomic E-state index is -1.16. The van der Waals surface area contributed by atoms with Crippen LogP contribution in [0.15, 0.2) is 18.2 Å². The van der Waals surface area contributed by atoms with Gasteiger partial charge in [-0.15, -0.1) is 0 Å². The van der Waals surface area contributed by atoms with Crippen molar-refractivity contribution < 1.29 is 19.5 Å². The van der Waals surface area contributed by atoms with Crippen molar-refractivity contribution in [3.05, 3.63) is 23.9 Å². The summed E-state index contributed by atoms with van der Waals surface area (Å²) < 4.78 is 0. The van der Waals surface area contributed by atoms with Crippen molar-refractivity contribution in [2.75, 3.05) is 11.4 Å². The van der Waals surface area contributed by atoms with Gasteiger partial charge in [0.15, 0.2) is 5.69 Å². The van der Waals surface area contributed by atoms with Crippen LogP contribution in [0.3, 0.4) is 0 Å². The molecular weight excluding hydrogens is 250 g/mol. The number of imide groups is 1. The zero-order chi connectivity index (χ0) is 14.2. The summed E-state index contributed by atoms with van der Waals surface area (Å²) in [4.78, 5) is 39.6. The quantitative estimate of drug-likeness (QED) is 0.730. The molecule has 1 fully saturated rings. The maximum absolute atomic E-state index is 11.8. The first-order chi connectivity index (χ1) is 8.82. The predicted molar refractivity (Wildman–Crippen MR) is 65.8 cm³/mol. The fraction of sp³-hybridized carbons (Fsp3) is 0.333. The number of aromatic nitrogens is 1. The maximum atomic E-state index is 11.8. The topological polar surface area (TPSA) is 99.6 Å². The Labute approximate surface area is 109 Å². The second-order valence-electron chi connectivity index (χ2n) is 4.71. The lowest BCUT2D eigenvalue weighted by molar-refractivity contribution is -0.135. The van der Waals surface area contributed by atoms with Crippen LogP contribution in [0.4, 0.5) is 5.82 Å². The van der Waals surface area contributed by atoms with Crippen molar-refractivity contribution in [3.63, 3.8) is 0 Å². The number of carbonyl (C=O) groups is 3. The van der Waals surface area contributed by atoms with Crippen molar-refractivity contribution >= 4 is 23.6 Å². The molecule has 0 aliphatic carbocycles. The molecule has 100 valence electrons. The number of carbonyl (C=O) groups excluding carboxylic acids is 2. The first kappa shape index (κ1) is 13.0. The summed E-state index contributed by atoms with van der Waals surface area (Å²) in [6, 6.07) is 4.45. The van der Waals surface area contributed by atoms with Crippen molar-refractivity contribution in [2.24, 2.45) is 0 Å². The van der Waals surface area contributed by atoms with Crippen LogP contribution in [0.1, 0.15) is 24.3 Å². The number of aromatic carboxylic acids is 1. The average molecular weight is 263 g/mol. The smallest absolute Gasteiger partial charge is 0.354 e. The minimum Gasteiger partial charge on any atom is -0.477 e. The van der Waals surface area contributed by atoms with Crippen LogP contribution >= 0.6 is 0 Å². The third kappa shape index (κ3) is 2.26. The molecule has 2 N–H and O–H groups in total. The van der Waals surface area contributed by atoms with E-state index in [1.165, 1.54) is 17.0 Å². The molecule has 7 heteroatoms. The van der Waals surface area contributed by atoms with Gasteiger partial charge in [-0.3, -0.25) is 14.9 Å². The molecule has 0 atom stereocenters. The highest BCUT2D eigenvalue weighted by molar-refractivity contribution is 6.06. The third-order valence-electron chi connectivity index (χ3n) is 3.02.